The number of para-hydroxylation sites is 1. The van der Waals surface area contributed by atoms with Crippen LogP contribution in [0, 0.1) is 5.92 Å². The average molecular weight is 355 g/mol. The van der Waals surface area contributed by atoms with Crippen LogP contribution in [-0.2, 0) is 9.59 Å². The Balaban J connectivity index is 1.91. The summed E-state index contributed by atoms with van der Waals surface area (Å²) < 4.78 is 5.42. The molecule has 2 rings (SSSR count). The lowest BCUT2D eigenvalue weighted by Crippen LogP contribution is -2.48. The van der Waals surface area contributed by atoms with Gasteiger partial charge in [-0.25, -0.2) is 0 Å². The summed E-state index contributed by atoms with van der Waals surface area (Å²) in [5, 5.41) is 8.59. The molecule has 2 aromatic rings. The lowest BCUT2D eigenvalue weighted by atomic mass is 10.0. The second kappa shape index (κ2) is 9.46. The molecule has 0 heterocycles. The van der Waals surface area contributed by atoms with E-state index in [9.17, 15) is 9.59 Å². The number of hydrogen-bond acceptors (Lipinski definition) is 4. The molecule has 6 heteroatoms. The van der Waals surface area contributed by atoms with E-state index in [4.69, 9.17) is 4.74 Å². The van der Waals surface area contributed by atoms with Gasteiger partial charge in [0, 0.05) is 18.4 Å². The molecular formula is C20H25N3O3. The summed E-state index contributed by atoms with van der Waals surface area (Å²) >= 11 is 0. The second-order valence-corrected chi connectivity index (χ2v) is 6.21. The van der Waals surface area contributed by atoms with Gasteiger partial charge in [-0.05, 0) is 42.3 Å². The Hall–Kier alpha value is -3.02. The zero-order valence-corrected chi connectivity index (χ0v) is 15.3. The number of anilines is 2. The van der Waals surface area contributed by atoms with Crippen LogP contribution in [0.3, 0.4) is 0 Å². The maximum atomic E-state index is 12.5. The van der Waals surface area contributed by atoms with Crippen molar-refractivity contribution in [3.63, 3.8) is 0 Å². The van der Waals surface area contributed by atoms with Crippen molar-refractivity contribution < 1.29 is 14.3 Å². The standard InChI is InChI=1S/C20H25N3O3/c1-14(2)19(20(25)22-16-11-9-15(21-3)10-12-16)23-18(24)13-26-17-7-5-4-6-8-17/h4-12,14,19,21H,13H2,1-3H3,(H,22,25)(H,23,24). The van der Waals surface area contributed by atoms with Crippen LogP contribution < -0.4 is 20.7 Å². The van der Waals surface area contributed by atoms with Crippen molar-refractivity contribution in [2.45, 2.75) is 19.9 Å². The highest BCUT2D eigenvalue weighted by Crippen LogP contribution is 2.14. The van der Waals surface area contributed by atoms with Crippen molar-refractivity contribution in [1.82, 2.24) is 5.32 Å². The summed E-state index contributed by atoms with van der Waals surface area (Å²) in [5.74, 6) is -0.0522. The molecule has 2 amide bonds. The molecular weight excluding hydrogens is 330 g/mol. The van der Waals surface area contributed by atoms with Gasteiger partial charge in [-0.15, -0.1) is 0 Å². The average Bonchev–Trinajstić information content (AvgIpc) is 2.65. The fraction of sp³-hybridized carbons (Fsp3) is 0.300. The molecule has 138 valence electrons. The van der Waals surface area contributed by atoms with E-state index in [0.717, 1.165) is 5.69 Å². The second-order valence-electron chi connectivity index (χ2n) is 6.21. The molecule has 26 heavy (non-hydrogen) atoms. The molecule has 1 atom stereocenters. The largest absolute Gasteiger partial charge is 0.484 e. The fourth-order valence-corrected chi connectivity index (χ4v) is 2.36. The van der Waals surface area contributed by atoms with Gasteiger partial charge in [-0.3, -0.25) is 9.59 Å². The first-order valence-electron chi connectivity index (χ1n) is 8.55. The third-order valence-electron chi connectivity index (χ3n) is 3.82. The van der Waals surface area contributed by atoms with Crippen LogP contribution in [-0.4, -0.2) is 31.5 Å². The van der Waals surface area contributed by atoms with Crippen molar-refractivity contribution in [1.29, 1.82) is 0 Å². The smallest absolute Gasteiger partial charge is 0.258 e. The number of carbonyl (C=O) groups excluding carboxylic acids is 2. The number of ether oxygens (including phenoxy) is 1. The summed E-state index contributed by atoms with van der Waals surface area (Å²) in [5.41, 5.74) is 1.63. The Kier molecular flexibility index (Phi) is 7.02. The predicted molar refractivity (Wildman–Crippen MR) is 103 cm³/mol. The molecule has 1 unspecified atom stereocenters. The lowest BCUT2D eigenvalue weighted by molar-refractivity contribution is -0.128. The summed E-state index contributed by atoms with van der Waals surface area (Å²) in [4.78, 5) is 24.7. The minimum Gasteiger partial charge on any atom is -0.484 e. The third-order valence-corrected chi connectivity index (χ3v) is 3.82. The van der Waals surface area contributed by atoms with E-state index in [1.165, 1.54) is 0 Å². The van der Waals surface area contributed by atoms with Crippen LogP contribution in [0.4, 0.5) is 11.4 Å². The van der Waals surface area contributed by atoms with E-state index in [1.54, 1.807) is 24.3 Å². The lowest BCUT2D eigenvalue weighted by Gasteiger charge is -2.22. The number of carbonyl (C=O) groups is 2. The maximum Gasteiger partial charge on any atom is 0.258 e. The van der Waals surface area contributed by atoms with Crippen molar-refractivity contribution >= 4 is 23.2 Å². The van der Waals surface area contributed by atoms with Crippen molar-refractivity contribution in [2.75, 3.05) is 24.3 Å². The van der Waals surface area contributed by atoms with Crippen LogP contribution in [0.15, 0.2) is 54.6 Å². The minimum atomic E-state index is -0.647. The molecule has 0 aromatic heterocycles. The monoisotopic (exact) mass is 355 g/mol. The maximum absolute atomic E-state index is 12.5. The minimum absolute atomic E-state index is 0.0627. The first-order chi connectivity index (χ1) is 12.5. The van der Waals surface area contributed by atoms with Crippen LogP contribution >= 0.6 is 0 Å². The number of amides is 2. The Labute approximate surface area is 153 Å². The van der Waals surface area contributed by atoms with Gasteiger partial charge in [0.25, 0.3) is 5.91 Å². The van der Waals surface area contributed by atoms with Crippen molar-refractivity contribution in [3.8, 4) is 5.75 Å². The molecule has 0 aliphatic heterocycles. The van der Waals surface area contributed by atoms with Gasteiger partial charge < -0.3 is 20.7 Å². The van der Waals surface area contributed by atoms with Gasteiger partial charge in [0.15, 0.2) is 6.61 Å². The van der Waals surface area contributed by atoms with Crippen molar-refractivity contribution in [2.24, 2.45) is 5.92 Å². The number of hydrogen-bond donors (Lipinski definition) is 3. The molecule has 0 fully saturated rings. The summed E-state index contributed by atoms with van der Waals surface area (Å²) in [7, 11) is 1.83. The first-order valence-corrected chi connectivity index (χ1v) is 8.55. The highest BCUT2D eigenvalue weighted by Gasteiger charge is 2.24. The van der Waals surface area contributed by atoms with Gasteiger partial charge in [-0.1, -0.05) is 32.0 Å². The Bertz CT molecular complexity index is 715. The molecule has 0 radical (unpaired) electrons. The summed E-state index contributed by atoms with van der Waals surface area (Å²) in [6.45, 7) is 3.62. The Morgan fingerprint density at radius 3 is 2.15 bits per heavy atom. The highest BCUT2D eigenvalue weighted by molar-refractivity contribution is 5.97. The zero-order valence-electron chi connectivity index (χ0n) is 15.3. The van der Waals surface area contributed by atoms with Crippen molar-refractivity contribution in [3.05, 3.63) is 54.6 Å². The molecule has 0 bridgehead atoms. The van der Waals surface area contributed by atoms with E-state index in [2.05, 4.69) is 16.0 Å². The molecule has 0 spiro atoms. The van der Waals surface area contributed by atoms with Crippen LogP contribution in [0.25, 0.3) is 0 Å². The zero-order chi connectivity index (χ0) is 18.9. The summed E-state index contributed by atoms with van der Waals surface area (Å²) in [6.07, 6.45) is 0. The number of rotatable bonds is 8. The molecule has 0 aliphatic rings. The predicted octanol–water partition coefficient (Wildman–Crippen LogP) is 2.89. The van der Waals surface area contributed by atoms with Gasteiger partial charge in [0.1, 0.15) is 11.8 Å². The van der Waals surface area contributed by atoms with Gasteiger partial charge >= 0.3 is 0 Å². The number of benzene rings is 2. The van der Waals surface area contributed by atoms with E-state index < -0.39 is 6.04 Å². The molecule has 0 saturated carbocycles. The molecule has 0 saturated heterocycles. The van der Waals surface area contributed by atoms with E-state index in [1.807, 2.05) is 51.2 Å². The normalized spacial score (nSPS) is 11.5. The van der Waals surface area contributed by atoms with E-state index >= 15 is 0 Å². The van der Waals surface area contributed by atoms with Crippen LogP contribution in [0.2, 0.25) is 0 Å². The SMILES string of the molecule is CNc1ccc(NC(=O)C(NC(=O)COc2ccccc2)C(C)C)cc1. The summed E-state index contributed by atoms with van der Waals surface area (Å²) in [6, 6.07) is 15.8. The number of nitrogens with one attached hydrogen (secondary N) is 3. The topological polar surface area (TPSA) is 79.5 Å². The third kappa shape index (κ3) is 5.81. The fourth-order valence-electron chi connectivity index (χ4n) is 2.36. The molecule has 3 N–H and O–H groups in total. The van der Waals surface area contributed by atoms with Gasteiger partial charge in [0.05, 0.1) is 0 Å². The quantitative estimate of drug-likeness (QED) is 0.680. The molecule has 0 aliphatic carbocycles. The molecule has 2 aromatic carbocycles. The van der Waals surface area contributed by atoms with Crippen LogP contribution in [0.5, 0.6) is 5.75 Å². The highest BCUT2D eigenvalue weighted by atomic mass is 16.5. The Morgan fingerprint density at radius 2 is 1.58 bits per heavy atom. The molecule has 6 nitrogen and oxygen atoms in total. The van der Waals surface area contributed by atoms with E-state index in [0.29, 0.717) is 11.4 Å². The first kappa shape index (κ1) is 19.3. The van der Waals surface area contributed by atoms with Crippen LogP contribution in [0.1, 0.15) is 13.8 Å². The van der Waals surface area contributed by atoms with Gasteiger partial charge in [-0.2, -0.15) is 0 Å². The van der Waals surface area contributed by atoms with E-state index in [-0.39, 0.29) is 24.3 Å². The van der Waals surface area contributed by atoms with Gasteiger partial charge in [0.2, 0.25) is 5.91 Å². The Morgan fingerprint density at radius 1 is 0.962 bits per heavy atom.